The number of benzene rings is 1. The van der Waals surface area contributed by atoms with Crippen molar-refractivity contribution < 1.29 is 0 Å². The van der Waals surface area contributed by atoms with Gasteiger partial charge in [0.15, 0.2) is 5.82 Å². The molecular formula is C27H29N9. The van der Waals surface area contributed by atoms with Crippen LogP contribution in [0.25, 0.3) is 11.5 Å². The maximum Gasteiger partial charge on any atom is 0.229 e. The molecule has 9 heteroatoms. The number of nitrogens with one attached hydrogen (secondary N) is 3. The highest BCUT2D eigenvalue weighted by Gasteiger charge is 2.31. The summed E-state index contributed by atoms with van der Waals surface area (Å²) in [6.45, 7) is 5.22. The normalized spacial score (nSPS) is 19.2. The molecule has 1 aromatic carbocycles. The molecule has 9 nitrogen and oxygen atoms in total. The molecule has 0 unspecified atom stereocenters. The number of aryl methyl sites for hydroxylation is 1. The van der Waals surface area contributed by atoms with E-state index >= 15 is 0 Å². The predicted molar refractivity (Wildman–Crippen MR) is 140 cm³/mol. The van der Waals surface area contributed by atoms with Gasteiger partial charge in [-0.25, -0.2) is 19.9 Å². The van der Waals surface area contributed by atoms with Crippen molar-refractivity contribution in [2.24, 2.45) is 0 Å². The van der Waals surface area contributed by atoms with Crippen LogP contribution >= 0.6 is 0 Å². The number of likely N-dealkylation sites (tertiary alicyclic amines) is 1. The van der Waals surface area contributed by atoms with Crippen LogP contribution in [0.1, 0.15) is 24.1 Å². The van der Waals surface area contributed by atoms with E-state index in [0.717, 1.165) is 36.7 Å². The van der Waals surface area contributed by atoms with Gasteiger partial charge in [0.05, 0.1) is 0 Å². The zero-order chi connectivity index (χ0) is 24.3. The van der Waals surface area contributed by atoms with Crippen molar-refractivity contribution >= 4 is 23.3 Å². The average Bonchev–Trinajstić information content (AvgIpc) is 3.23. The molecule has 2 saturated heterocycles. The number of aromatic nitrogens is 5. The molecule has 2 aliphatic heterocycles. The van der Waals surface area contributed by atoms with Gasteiger partial charge in [-0.1, -0.05) is 18.2 Å². The molecule has 3 N–H and O–H groups in total. The maximum atomic E-state index is 4.59. The molecule has 36 heavy (non-hydrogen) atoms. The van der Waals surface area contributed by atoms with Gasteiger partial charge in [0.25, 0.3) is 0 Å². The first-order valence-corrected chi connectivity index (χ1v) is 12.4. The highest BCUT2D eigenvalue weighted by Crippen LogP contribution is 2.23. The van der Waals surface area contributed by atoms with Crippen molar-refractivity contribution in [1.82, 2.24) is 35.1 Å². The van der Waals surface area contributed by atoms with E-state index in [1.807, 2.05) is 31.2 Å². The van der Waals surface area contributed by atoms with E-state index in [-0.39, 0.29) is 0 Å². The zero-order valence-corrected chi connectivity index (χ0v) is 20.2. The van der Waals surface area contributed by atoms with Crippen LogP contribution in [0.15, 0.2) is 67.0 Å². The van der Waals surface area contributed by atoms with Gasteiger partial charge >= 0.3 is 0 Å². The Morgan fingerprint density at radius 1 is 0.833 bits per heavy atom. The Hall–Kier alpha value is -3.95. The first-order valence-electron chi connectivity index (χ1n) is 12.4. The van der Waals surface area contributed by atoms with Gasteiger partial charge in [0.2, 0.25) is 5.95 Å². The van der Waals surface area contributed by atoms with Gasteiger partial charge in [-0.3, -0.25) is 4.90 Å². The van der Waals surface area contributed by atoms with Crippen molar-refractivity contribution in [2.45, 2.75) is 38.4 Å². The molecule has 5 heterocycles. The molecule has 0 aliphatic carbocycles. The van der Waals surface area contributed by atoms with Crippen LogP contribution in [0.5, 0.6) is 0 Å². The van der Waals surface area contributed by atoms with Gasteiger partial charge in [-0.05, 0) is 61.7 Å². The van der Waals surface area contributed by atoms with Crippen molar-refractivity contribution in [2.75, 3.05) is 23.7 Å². The summed E-state index contributed by atoms with van der Waals surface area (Å²) in [7, 11) is 0. The molecule has 2 bridgehead atoms. The molecule has 0 spiro atoms. The smallest absolute Gasteiger partial charge is 0.229 e. The Morgan fingerprint density at radius 2 is 1.58 bits per heavy atom. The molecule has 3 aromatic heterocycles. The quantitative estimate of drug-likeness (QED) is 0.362. The molecule has 6 rings (SSSR count). The Labute approximate surface area is 210 Å². The lowest BCUT2D eigenvalue weighted by Gasteiger charge is -2.32. The fraction of sp³-hybridized carbons (Fsp3) is 0.296. The lowest BCUT2D eigenvalue weighted by molar-refractivity contribution is 0.189. The largest absolute Gasteiger partial charge is 0.325 e. The van der Waals surface area contributed by atoms with E-state index in [1.165, 1.54) is 18.4 Å². The Bertz CT molecular complexity index is 1330. The third-order valence-electron chi connectivity index (χ3n) is 6.59. The van der Waals surface area contributed by atoms with Crippen LogP contribution in [0.2, 0.25) is 0 Å². The van der Waals surface area contributed by atoms with Gasteiger partial charge in [0.1, 0.15) is 17.3 Å². The van der Waals surface area contributed by atoms with Crippen LogP contribution in [0.3, 0.4) is 0 Å². The minimum atomic E-state index is 0.515. The molecule has 0 saturated carbocycles. The summed E-state index contributed by atoms with van der Waals surface area (Å²) in [5, 5.41) is 10.2. The van der Waals surface area contributed by atoms with Crippen LogP contribution in [0, 0.1) is 6.92 Å². The van der Waals surface area contributed by atoms with E-state index in [9.17, 15) is 0 Å². The number of nitrogens with zero attached hydrogens (tertiary/aromatic N) is 6. The lowest BCUT2D eigenvalue weighted by atomic mass is 10.1. The molecule has 182 valence electrons. The van der Waals surface area contributed by atoms with E-state index in [1.54, 1.807) is 18.5 Å². The van der Waals surface area contributed by atoms with Crippen molar-refractivity contribution in [1.29, 1.82) is 0 Å². The van der Waals surface area contributed by atoms with Crippen LogP contribution < -0.4 is 16.0 Å². The SMILES string of the molecule is Cc1cccc(-c2nccc(Nc3ccnc(Nc4ccc(CN5C[C@H]6CC[C@@H](C5)N6)cc4)n3)n2)n1. The summed E-state index contributed by atoms with van der Waals surface area (Å²) in [6.07, 6.45) is 6.04. The average molecular weight is 480 g/mol. The van der Waals surface area contributed by atoms with Crippen LogP contribution in [0.4, 0.5) is 23.3 Å². The van der Waals surface area contributed by atoms with Crippen LogP contribution in [-0.2, 0) is 6.54 Å². The molecule has 0 amide bonds. The molecule has 2 fully saturated rings. The van der Waals surface area contributed by atoms with E-state index in [4.69, 9.17) is 0 Å². The Morgan fingerprint density at radius 3 is 2.36 bits per heavy atom. The number of hydrogen-bond acceptors (Lipinski definition) is 9. The monoisotopic (exact) mass is 479 g/mol. The fourth-order valence-corrected chi connectivity index (χ4v) is 4.94. The minimum absolute atomic E-state index is 0.515. The number of anilines is 4. The highest BCUT2D eigenvalue weighted by atomic mass is 15.2. The van der Waals surface area contributed by atoms with Crippen LogP contribution in [-0.4, -0.2) is 55.0 Å². The Kier molecular flexibility index (Phi) is 6.23. The summed E-state index contributed by atoms with van der Waals surface area (Å²) in [5.41, 5.74) is 3.92. The van der Waals surface area contributed by atoms with Gasteiger partial charge in [0, 0.05) is 55.5 Å². The van der Waals surface area contributed by atoms with Crippen molar-refractivity contribution in [3.8, 4) is 11.5 Å². The third-order valence-corrected chi connectivity index (χ3v) is 6.59. The second-order valence-corrected chi connectivity index (χ2v) is 9.47. The first-order chi connectivity index (χ1) is 17.7. The lowest BCUT2D eigenvalue weighted by Crippen LogP contribution is -2.50. The standard InChI is InChI=1S/C27H29N9/c1-18-3-2-4-23(30-18)26-28-13-11-24(34-26)33-25-12-14-29-27(35-25)32-20-7-5-19(6-8-20)15-36-16-21-9-10-22(17-36)31-21/h2-8,11-14,21-22,31H,9-10,15-17H2,1H3,(H2,28,29,32,33,34,35)/t21-,22+. The van der Waals surface area contributed by atoms with Crippen molar-refractivity contribution in [3.05, 3.63) is 78.2 Å². The highest BCUT2D eigenvalue weighted by molar-refractivity contribution is 5.59. The first kappa shape index (κ1) is 22.5. The second-order valence-electron chi connectivity index (χ2n) is 9.47. The third kappa shape index (κ3) is 5.32. The van der Waals surface area contributed by atoms with E-state index in [2.05, 4.69) is 70.0 Å². The topological polar surface area (TPSA) is 104 Å². The summed E-state index contributed by atoms with van der Waals surface area (Å²) < 4.78 is 0. The number of pyridine rings is 1. The molecule has 0 radical (unpaired) electrons. The number of fused-ring (bicyclic) bond motifs is 2. The fourth-order valence-electron chi connectivity index (χ4n) is 4.94. The molecule has 2 aliphatic rings. The van der Waals surface area contributed by atoms with Gasteiger partial charge in [-0.15, -0.1) is 0 Å². The van der Waals surface area contributed by atoms with Crippen molar-refractivity contribution in [3.63, 3.8) is 0 Å². The number of piperazine rings is 1. The number of rotatable bonds is 7. The molecule has 4 aromatic rings. The minimum Gasteiger partial charge on any atom is -0.325 e. The summed E-state index contributed by atoms with van der Waals surface area (Å²) in [4.78, 5) is 25.0. The summed E-state index contributed by atoms with van der Waals surface area (Å²) in [6, 6.07) is 19.3. The summed E-state index contributed by atoms with van der Waals surface area (Å²) >= 11 is 0. The predicted octanol–water partition coefficient (Wildman–Crippen LogP) is 4.06. The van der Waals surface area contributed by atoms with E-state index < -0.39 is 0 Å². The molecule has 2 atom stereocenters. The molecular weight excluding hydrogens is 450 g/mol. The van der Waals surface area contributed by atoms with Gasteiger partial charge < -0.3 is 16.0 Å². The van der Waals surface area contributed by atoms with E-state index in [0.29, 0.717) is 35.5 Å². The van der Waals surface area contributed by atoms with Gasteiger partial charge in [-0.2, -0.15) is 4.98 Å². The Balaban J connectivity index is 1.09. The number of hydrogen-bond donors (Lipinski definition) is 3. The maximum absolute atomic E-state index is 4.59. The second kappa shape index (κ2) is 9.96. The zero-order valence-electron chi connectivity index (χ0n) is 20.2. The summed E-state index contributed by atoms with van der Waals surface area (Å²) in [5.74, 6) is 2.35.